The molecule has 4 nitrogen and oxygen atoms in total. The molecule has 6 heteroatoms. The van der Waals surface area contributed by atoms with Crippen LogP contribution in [0.15, 0.2) is 28.5 Å². The van der Waals surface area contributed by atoms with Crippen LogP contribution >= 0.6 is 11.3 Å². The highest BCUT2D eigenvalue weighted by atomic mass is 32.2. The number of rotatable bonds is 3. The first-order chi connectivity index (χ1) is 8.38. The summed E-state index contributed by atoms with van der Waals surface area (Å²) in [5, 5.41) is 2.46. The summed E-state index contributed by atoms with van der Waals surface area (Å²) in [6.45, 7) is 3.59. The van der Waals surface area contributed by atoms with Gasteiger partial charge >= 0.3 is 0 Å². The van der Waals surface area contributed by atoms with Gasteiger partial charge in [0.1, 0.15) is 10.8 Å². The quantitative estimate of drug-likeness (QED) is 0.877. The summed E-state index contributed by atoms with van der Waals surface area (Å²) in [4.78, 5) is 4.51. The van der Waals surface area contributed by atoms with Gasteiger partial charge in [0, 0.05) is 16.8 Å². The largest absolute Gasteiger partial charge is 0.399 e. The molecular weight excluding hydrogens is 268 g/mol. The molecule has 0 aliphatic carbocycles. The smallest absolute Gasteiger partial charge is 0.185 e. The number of aromatic nitrogens is 1. The summed E-state index contributed by atoms with van der Waals surface area (Å²) in [6.07, 6.45) is 0. The van der Waals surface area contributed by atoms with Crippen LogP contribution in [0, 0.1) is 13.8 Å². The Kier molecular flexibility index (Phi) is 3.41. The van der Waals surface area contributed by atoms with Crippen LogP contribution in [-0.2, 0) is 15.6 Å². The highest BCUT2D eigenvalue weighted by Gasteiger charge is 2.19. The summed E-state index contributed by atoms with van der Waals surface area (Å²) in [5.74, 6) is -0.0593. The Hall–Kier alpha value is -1.40. The number of thiazole rings is 1. The molecule has 0 atom stereocenters. The zero-order valence-corrected chi connectivity index (χ0v) is 11.8. The third kappa shape index (κ3) is 2.70. The van der Waals surface area contributed by atoms with E-state index in [1.54, 1.807) is 25.1 Å². The van der Waals surface area contributed by atoms with Crippen LogP contribution in [0.4, 0.5) is 5.69 Å². The minimum absolute atomic E-state index is 0.0593. The number of hydrogen-bond donors (Lipinski definition) is 1. The van der Waals surface area contributed by atoms with Gasteiger partial charge in [0.2, 0.25) is 0 Å². The molecule has 1 aromatic carbocycles. The number of aryl methyl sites for hydroxylation is 2. The van der Waals surface area contributed by atoms with E-state index in [9.17, 15) is 8.42 Å². The second-order valence-electron chi connectivity index (χ2n) is 4.17. The summed E-state index contributed by atoms with van der Waals surface area (Å²) in [6, 6.07) is 4.83. The number of sulfone groups is 1. The van der Waals surface area contributed by atoms with Crippen LogP contribution in [0.3, 0.4) is 0 Å². The van der Waals surface area contributed by atoms with Crippen molar-refractivity contribution in [1.82, 2.24) is 4.98 Å². The topological polar surface area (TPSA) is 73.0 Å². The fraction of sp³-hybridized carbons (Fsp3) is 0.250. The Morgan fingerprint density at radius 2 is 2.06 bits per heavy atom. The molecule has 0 unspecified atom stereocenters. The van der Waals surface area contributed by atoms with E-state index in [1.807, 2.05) is 12.3 Å². The van der Waals surface area contributed by atoms with Gasteiger partial charge in [0.05, 0.1) is 4.90 Å². The molecular formula is C12H14N2O2S2. The molecule has 0 amide bonds. The number of nitrogens with zero attached hydrogens (tertiary/aromatic N) is 1. The van der Waals surface area contributed by atoms with Crippen molar-refractivity contribution in [2.45, 2.75) is 24.5 Å². The van der Waals surface area contributed by atoms with E-state index in [4.69, 9.17) is 5.73 Å². The number of nitrogen functional groups attached to an aromatic ring is 1. The Morgan fingerprint density at radius 3 is 2.61 bits per heavy atom. The molecule has 1 heterocycles. The van der Waals surface area contributed by atoms with Gasteiger partial charge in [-0.1, -0.05) is 0 Å². The lowest BCUT2D eigenvalue weighted by Gasteiger charge is -2.07. The maximum atomic E-state index is 12.3. The molecule has 0 aliphatic rings. The first kappa shape index (κ1) is 13.0. The standard InChI is InChI=1S/C12H14N2O2S2/c1-8-5-10(13)3-4-11(8)18(15,16)7-12-14-9(2)6-17-12/h3-6H,7,13H2,1-2H3. The zero-order chi connectivity index (χ0) is 13.3. The molecule has 2 aromatic rings. The van der Waals surface area contributed by atoms with Crippen LogP contribution in [0.2, 0.25) is 0 Å². The van der Waals surface area contributed by atoms with Gasteiger partial charge < -0.3 is 5.73 Å². The highest BCUT2D eigenvalue weighted by molar-refractivity contribution is 7.90. The monoisotopic (exact) mass is 282 g/mol. The Morgan fingerprint density at radius 1 is 1.33 bits per heavy atom. The molecule has 0 aliphatic heterocycles. The van der Waals surface area contributed by atoms with Gasteiger partial charge in [0.25, 0.3) is 0 Å². The molecule has 0 bridgehead atoms. The van der Waals surface area contributed by atoms with Crippen molar-refractivity contribution < 1.29 is 8.42 Å². The van der Waals surface area contributed by atoms with E-state index >= 15 is 0 Å². The minimum Gasteiger partial charge on any atom is -0.399 e. The van der Waals surface area contributed by atoms with Gasteiger partial charge in [-0.15, -0.1) is 11.3 Å². The maximum Gasteiger partial charge on any atom is 0.185 e. The Balaban J connectivity index is 2.36. The lowest BCUT2D eigenvalue weighted by Crippen LogP contribution is -2.07. The molecule has 0 spiro atoms. The number of nitrogens with two attached hydrogens (primary N) is 1. The first-order valence-corrected chi connectivity index (χ1v) is 7.91. The van der Waals surface area contributed by atoms with E-state index in [2.05, 4.69) is 4.98 Å². The number of hydrogen-bond acceptors (Lipinski definition) is 5. The molecule has 0 saturated carbocycles. The lowest BCUT2D eigenvalue weighted by atomic mass is 10.2. The predicted octanol–water partition coefficient (Wildman–Crippen LogP) is 2.32. The summed E-state index contributed by atoms with van der Waals surface area (Å²) in [5.41, 5.74) is 7.70. The highest BCUT2D eigenvalue weighted by Crippen LogP contribution is 2.23. The van der Waals surface area contributed by atoms with Crippen molar-refractivity contribution in [3.63, 3.8) is 0 Å². The van der Waals surface area contributed by atoms with Gasteiger partial charge in [-0.3, -0.25) is 0 Å². The third-order valence-corrected chi connectivity index (χ3v) is 5.45. The lowest BCUT2D eigenvalue weighted by molar-refractivity contribution is 0.594. The van der Waals surface area contributed by atoms with Gasteiger partial charge in [-0.2, -0.15) is 0 Å². The fourth-order valence-electron chi connectivity index (χ4n) is 1.73. The maximum absolute atomic E-state index is 12.3. The predicted molar refractivity (Wildman–Crippen MR) is 73.3 cm³/mol. The van der Waals surface area contributed by atoms with E-state index in [-0.39, 0.29) is 5.75 Å². The number of anilines is 1. The molecule has 0 saturated heterocycles. The summed E-state index contributed by atoms with van der Waals surface area (Å²) in [7, 11) is -3.36. The average Bonchev–Trinajstić information content (AvgIpc) is 2.62. The van der Waals surface area contributed by atoms with Crippen molar-refractivity contribution in [2.75, 3.05) is 5.73 Å². The average molecular weight is 282 g/mol. The molecule has 96 valence electrons. The van der Waals surface area contributed by atoms with Gasteiger partial charge in [-0.25, -0.2) is 13.4 Å². The van der Waals surface area contributed by atoms with E-state index in [1.165, 1.54) is 11.3 Å². The van der Waals surface area contributed by atoms with E-state index in [0.29, 0.717) is 21.2 Å². The van der Waals surface area contributed by atoms with Crippen molar-refractivity contribution in [3.8, 4) is 0 Å². The van der Waals surface area contributed by atoms with Gasteiger partial charge in [0.15, 0.2) is 9.84 Å². The normalized spacial score (nSPS) is 11.7. The van der Waals surface area contributed by atoms with Crippen LogP contribution in [0.1, 0.15) is 16.3 Å². The van der Waals surface area contributed by atoms with Crippen molar-refractivity contribution in [2.24, 2.45) is 0 Å². The fourth-order valence-corrected chi connectivity index (χ4v) is 4.39. The summed E-state index contributed by atoms with van der Waals surface area (Å²) >= 11 is 1.37. The molecule has 0 radical (unpaired) electrons. The van der Waals surface area contributed by atoms with Crippen LogP contribution < -0.4 is 5.73 Å². The minimum atomic E-state index is -3.36. The third-order valence-electron chi connectivity index (χ3n) is 2.51. The van der Waals surface area contributed by atoms with Crippen LogP contribution in [0.25, 0.3) is 0 Å². The second kappa shape index (κ2) is 4.70. The van der Waals surface area contributed by atoms with Crippen molar-refractivity contribution in [1.29, 1.82) is 0 Å². The van der Waals surface area contributed by atoms with E-state index in [0.717, 1.165) is 5.69 Å². The molecule has 2 rings (SSSR count). The number of benzene rings is 1. The Labute approximate surface area is 110 Å². The SMILES string of the molecule is Cc1csc(CS(=O)(=O)c2ccc(N)cc2C)n1. The molecule has 2 N–H and O–H groups in total. The van der Waals surface area contributed by atoms with Crippen LogP contribution in [0.5, 0.6) is 0 Å². The zero-order valence-electron chi connectivity index (χ0n) is 10.2. The van der Waals surface area contributed by atoms with E-state index < -0.39 is 9.84 Å². The van der Waals surface area contributed by atoms with Gasteiger partial charge in [-0.05, 0) is 37.6 Å². The van der Waals surface area contributed by atoms with Crippen molar-refractivity contribution >= 4 is 26.9 Å². The van der Waals surface area contributed by atoms with Crippen molar-refractivity contribution in [3.05, 3.63) is 39.8 Å². The summed E-state index contributed by atoms with van der Waals surface area (Å²) < 4.78 is 24.5. The second-order valence-corrected chi connectivity index (χ2v) is 7.07. The molecule has 18 heavy (non-hydrogen) atoms. The Bertz CT molecular complexity index is 675. The van der Waals surface area contributed by atoms with Crippen LogP contribution in [-0.4, -0.2) is 13.4 Å². The first-order valence-electron chi connectivity index (χ1n) is 5.38. The molecule has 0 fully saturated rings. The molecule has 1 aromatic heterocycles.